The predicted molar refractivity (Wildman–Crippen MR) is 174 cm³/mol. The molecule has 2 N–H and O–H groups in total. The van der Waals surface area contributed by atoms with Gasteiger partial charge in [-0.05, 0) is 55.7 Å². The lowest BCUT2D eigenvalue weighted by atomic mass is 9.74. The largest absolute Gasteiger partial charge is 0.497 e. The van der Waals surface area contributed by atoms with Crippen molar-refractivity contribution in [1.82, 2.24) is 24.6 Å². The maximum absolute atomic E-state index is 14.1. The van der Waals surface area contributed by atoms with E-state index in [1.54, 1.807) is 24.4 Å². The molecule has 1 unspecified atom stereocenters. The van der Waals surface area contributed by atoms with Gasteiger partial charge in [-0.3, -0.25) is 19.6 Å². The summed E-state index contributed by atoms with van der Waals surface area (Å²) in [6.45, 7) is 4.49. The van der Waals surface area contributed by atoms with Gasteiger partial charge in [0.25, 0.3) is 5.91 Å². The van der Waals surface area contributed by atoms with Crippen LogP contribution in [0.15, 0.2) is 85.5 Å². The standard InChI is InChI=1S/C35H37N7O3/c1-24-22-41(30-9-4-3-8-29(24)30)15-12-32(43)40-16-13-35(14-17-40)23-42(31-11-10-25(19-36-31)26-20-37-38-21-26)34(44)33(35)39-27-6-5-7-28(18-27)45-2/h3-11,18-22,33,39H,12-17,23H2,1-2H3,(H,37,38). The van der Waals surface area contributed by atoms with Crippen molar-refractivity contribution in [2.45, 2.75) is 38.8 Å². The molecule has 1 atom stereocenters. The lowest BCUT2D eigenvalue weighted by Crippen LogP contribution is -2.50. The quantitative estimate of drug-likeness (QED) is 0.250. The number of nitrogens with zero attached hydrogens (tertiary/aromatic N) is 5. The van der Waals surface area contributed by atoms with Gasteiger partial charge in [0, 0.05) is 90.4 Å². The first kappa shape index (κ1) is 28.6. The Bertz CT molecular complexity index is 1820. The summed E-state index contributed by atoms with van der Waals surface area (Å²) < 4.78 is 7.62. The molecule has 2 aliphatic rings. The molecule has 0 bridgehead atoms. The fourth-order valence-electron chi connectivity index (χ4n) is 6.95. The van der Waals surface area contributed by atoms with Gasteiger partial charge in [0.1, 0.15) is 17.6 Å². The van der Waals surface area contributed by atoms with E-state index in [2.05, 4.69) is 50.3 Å². The van der Waals surface area contributed by atoms with E-state index in [9.17, 15) is 9.59 Å². The maximum atomic E-state index is 14.1. The van der Waals surface area contributed by atoms with Gasteiger partial charge in [0.05, 0.1) is 13.3 Å². The number of piperidine rings is 1. The van der Waals surface area contributed by atoms with Crippen LogP contribution in [0.25, 0.3) is 22.0 Å². The molecule has 230 valence electrons. The number of fused-ring (bicyclic) bond motifs is 1. The highest BCUT2D eigenvalue weighted by atomic mass is 16.5. The molecule has 2 saturated heterocycles. The molecule has 10 heteroatoms. The van der Waals surface area contributed by atoms with Crippen LogP contribution in [0.2, 0.25) is 0 Å². The average Bonchev–Trinajstić information content (AvgIpc) is 3.79. The third-order valence-corrected chi connectivity index (χ3v) is 9.50. The third kappa shape index (κ3) is 5.41. The van der Waals surface area contributed by atoms with E-state index >= 15 is 0 Å². The maximum Gasteiger partial charge on any atom is 0.251 e. The highest BCUT2D eigenvalue weighted by Gasteiger charge is 2.54. The Kier molecular flexibility index (Phi) is 7.48. The van der Waals surface area contributed by atoms with Crippen LogP contribution in [0.3, 0.4) is 0 Å². The van der Waals surface area contributed by atoms with Crippen LogP contribution < -0.4 is 15.0 Å². The van der Waals surface area contributed by atoms with Crippen LogP contribution in [-0.2, 0) is 16.1 Å². The molecule has 2 aliphatic heterocycles. The summed E-state index contributed by atoms with van der Waals surface area (Å²) >= 11 is 0. The monoisotopic (exact) mass is 603 g/mol. The highest BCUT2D eigenvalue weighted by Crippen LogP contribution is 2.44. The van der Waals surface area contributed by atoms with Crippen molar-refractivity contribution < 1.29 is 14.3 Å². The van der Waals surface area contributed by atoms with Gasteiger partial charge in [-0.2, -0.15) is 5.10 Å². The Morgan fingerprint density at radius 3 is 2.67 bits per heavy atom. The van der Waals surface area contributed by atoms with E-state index in [1.165, 1.54) is 10.9 Å². The fraction of sp³-hybridized carbons (Fsp3) is 0.314. The topological polar surface area (TPSA) is 108 Å². The summed E-state index contributed by atoms with van der Waals surface area (Å²) in [6, 6.07) is 19.4. The van der Waals surface area contributed by atoms with Gasteiger partial charge in [-0.1, -0.05) is 24.3 Å². The second-order valence-electron chi connectivity index (χ2n) is 12.1. The number of anilines is 2. The first-order chi connectivity index (χ1) is 21.9. The SMILES string of the molecule is COc1cccc(NC2C(=O)N(c3ccc(-c4cn[nH]c4)cn3)CC23CCN(C(=O)CCn2cc(C)c4ccccc42)CC3)c1. The van der Waals surface area contributed by atoms with Crippen molar-refractivity contribution in [2.24, 2.45) is 5.41 Å². The van der Waals surface area contributed by atoms with Crippen LogP contribution in [0, 0.1) is 12.3 Å². The number of aryl methyl sites for hydroxylation is 2. The Hall–Kier alpha value is -5.12. The lowest BCUT2D eigenvalue weighted by molar-refractivity contribution is -0.133. The number of aromatic amines is 1. The lowest BCUT2D eigenvalue weighted by Gasteiger charge is -2.42. The Morgan fingerprint density at radius 1 is 1.07 bits per heavy atom. The third-order valence-electron chi connectivity index (χ3n) is 9.50. The summed E-state index contributed by atoms with van der Waals surface area (Å²) in [5.41, 5.74) is 4.69. The van der Waals surface area contributed by atoms with E-state index < -0.39 is 6.04 Å². The highest BCUT2D eigenvalue weighted by molar-refractivity contribution is 6.01. The van der Waals surface area contributed by atoms with Crippen LogP contribution >= 0.6 is 0 Å². The van der Waals surface area contributed by atoms with E-state index in [4.69, 9.17) is 4.74 Å². The number of carbonyl (C=O) groups is 2. The minimum atomic E-state index is -0.466. The van der Waals surface area contributed by atoms with Crippen LogP contribution in [0.5, 0.6) is 5.75 Å². The zero-order chi connectivity index (χ0) is 31.0. The predicted octanol–water partition coefficient (Wildman–Crippen LogP) is 5.27. The number of benzene rings is 2. The molecular formula is C35H37N7O3. The van der Waals surface area contributed by atoms with Crippen molar-refractivity contribution in [1.29, 1.82) is 0 Å². The van der Waals surface area contributed by atoms with Crippen LogP contribution in [-0.4, -0.2) is 69.2 Å². The van der Waals surface area contributed by atoms with E-state index in [0.717, 1.165) is 28.1 Å². The molecular weight excluding hydrogens is 566 g/mol. The molecule has 2 amide bonds. The normalized spacial score (nSPS) is 17.7. The van der Waals surface area contributed by atoms with Gasteiger partial charge < -0.3 is 19.5 Å². The molecule has 3 aromatic heterocycles. The summed E-state index contributed by atoms with van der Waals surface area (Å²) in [5, 5.41) is 11.6. The van der Waals surface area contributed by atoms with Crippen molar-refractivity contribution in [3.63, 3.8) is 0 Å². The average molecular weight is 604 g/mol. The Labute approximate surface area is 262 Å². The number of hydrogen-bond acceptors (Lipinski definition) is 6. The van der Waals surface area contributed by atoms with Crippen molar-refractivity contribution in [3.8, 4) is 16.9 Å². The Balaban J connectivity index is 1.09. The summed E-state index contributed by atoms with van der Waals surface area (Å²) in [5.74, 6) is 1.47. The molecule has 5 aromatic rings. The summed E-state index contributed by atoms with van der Waals surface area (Å²) in [6.07, 6.45) is 9.33. The van der Waals surface area contributed by atoms with Crippen molar-refractivity contribution >= 4 is 34.2 Å². The number of carbonyl (C=O) groups excluding carboxylic acids is 2. The van der Waals surface area contributed by atoms with Gasteiger partial charge in [-0.25, -0.2) is 4.98 Å². The first-order valence-electron chi connectivity index (χ1n) is 15.4. The molecule has 45 heavy (non-hydrogen) atoms. The van der Waals surface area contributed by atoms with Crippen LogP contribution in [0.1, 0.15) is 24.8 Å². The number of pyridine rings is 1. The number of rotatable bonds is 8. The number of hydrogen-bond donors (Lipinski definition) is 2. The molecule has 1 spiro atoms. The van der Waals surface area contributed by atoms with Gasteiger partial charge in [0.2, 0.25) is 5.91 Å². The molecule has 10 nitrogen and oxygen atoms in total. The molecule has 2 fully saturated rings. The molecule has 0 saturated carbocycles. The van der Waals surface area contributed by atoms with Crippen molar-refractivity contribution in [2.75, 3.05) is 37.0 Å². The minimum absolute atomic E-state index is 0.0176. The van der Waals surface area contributed by atoms with Gasteiger partial charge in [0.15, 0.2) is 0 Å². The molecule has 7 rings (SSSR count). The van der Waals surface area contributed by atoms with E-state index in [0.29, 0.717) is 51.3 Å². The van der Waals surface area contributed by atoms with Gasteiger partial charge in [-0.15, -0.1) is 0 Å². The fourth-order valence-corrected chi connectivity index (χ4v) is 6.95. The zero-order valence-corrected chi connectivity index (χ0v) is 25.6. The number of ether oxygens (including phenoxy) is 1. The van der Waals surface area contributed by atoms with E-state index in [-0.39, 0.29) is 17.2 Å². The van der Waals surface area contributed by atoms with Gasteiger partial charge >= 0.3 is 0 Å². The second kappa shape index (κ2) is 11.8. The number of para-hydroxylation sites is 1. The second-order valence-corrected chi connectivity index (χ2v) is 12.1. The number of amides is 2. The Morgan fingerprint density at radius 2 is 1.91 bits per heavy atom. The minimum Gasteiger partial charge on any atom is -0.497 e. The summed E-state index contributed by atoms with van der Waals surface area (Å²) in [4.78, 5) is 36.0. The molecule has 0 radical (unpaired) electrons. The van der Waals surface area contributed by atoms with Crippen molar-refractivity contribution in [3.05, 3.63) is 91.0 Å². The number of nitrogens with one attached hydrogen (secondary N) is 2. The molecule has 5 heterocycles. The van der Waals surface area contributed by atoms with Crippen LogP contribution in [0.4, 0.5) is 11.5 Å². The summed E-state index contributed by atoms with van der Waals surface area (Å²) in [7, 11) is 1.63. The number of aromatic nitrogens is 4. The zero-order valence-electron chi connectivity index (χ0n) is 25.6. The number of methoxy groups -OCH3 is 1. The number of H-pyrrole nitrogens is 1. The number of likely N-dealkylation sites (tertiary alicyclic amines) is 1. The van der Waals surface area contributed by atoms with E-state index in [1.807, 2.05) is 59.6 Å². The first-order valence-corrected chi connectivity index (χ1v) is 15.4. The smallest absolute Gasteiger partial charge is 0.251 e. The molecule has 0 aliphatic carbocycles. The molecule has 2 aromatic carbocycles.